The van der Waals surface area contributed by atoms with Crippen LogP contribution in [0.1, 0.15) is 13.3 Å². The van der Waals surface area contributed by atoms with Gasteiger partial charge in [0.2, 0.25) is 0 Å². The molecule has 1 N–H and O–H groups in total. The molecule has 1 aliphatic rings. The molecule has 3 heteroatoms. The molecular formula is C6H12FNO. The Hall–Kier alpha value is -0.150. The molecule has 2 atom stereocenters. The van der Waals surface area contributed by atoms with Crippen LogP contribution in [0, 0.1) is 0 Å². The summed E-state index contributed by atoms with van der Waals surface area (Å²) in [7, 11) is 0. The van der Waals surface area contributed by atoms with E-state index in [2.05, 4.69) is 0 Å². The highest BCUT2D eigenvalue weighted by Gasteiger charge is 2.28. The SMILES string of the molecule is [2H]C([2H])(O)[C@@H]1C[C@@H](F)CN1C([2H])([2H])[2H]. The zero-order valence-corrected chi connectivity index (χ0v) is 4.84. The predicted octanol–water partition coefficient (Wildman–Crippen LogP) is 0.0209. The Labute approximate surface area is 61.3 Å². The van der Waals surface area contributed by atoms with Gasteiger partial charge in [-0.1, -0.05) is 0 Å². The van der Waals surface area contributed by atoms with Crippen molar-refractivity contribution < 1.29 is 16.4 Å². The molecule has 54 valence electrons. The van der Waals surface area contributed by atoms with Gasteiger partial charge in [-0.25, -0.2) is 4.39 Å². The van der Waals surface area contributed by atoms with Gasteiger partial charge < -0.3 is 5.11 Å². The molecule has 0 spiro atoms. The molecule has 0 radical (unpaired) electrons. The summed E-state index contributed by atoms with van der Waals surface area (Å²) in [6.45, 7) is -5.61. The molecule has 1 rings (SSSR count). The van der Waals surface area contributed by atoms with Crippen LogP contribution < -0.4 is 0 Å². The number of likely N-dealkylation sites (tertiary alicyclic amines) is 1. The van der Waals surface area contributed by atoms with Crippen molar-refractivity contribution in [1.82, 2.24) is 4.90 Å². The van der Waals surface area contributed by atoms with E-state index >= 15 is 0 Å². The summed E-state index contributed by atoms with van der Waals surface area (Å²) in [6, 6.07) is -1.30. The molecule has 1 heterocycles. The Morgan fingerprint density at radius 3 is 3.33 bits per heavy atom. The number of halogens is 1. The fraction of sp³-hybridized carbons (Fsp3) is 1.00. The van der Waals surface area contributed by atoms with E-state index in [9.17, 15) is 4.39 Å². The third-order valence-electron chi connectivity index (χ3n) is 1.40. The van der Waals surface area contributed by atoms with Crippen LogP contribution in [-0.2, 0) is 0 Å². The summed E-state index contributed by atoms with van der Waals surface area (Å²) in [5.74, 6) is 0. The number of aliphatic hydroxyl groups is 1. The van der Waals surface area contributed by atoms with Crippen molar-refractivity contribution in [3.05, 3.63) is 0 Å². The zero-order chi connectivity index (χ0) is 11.1. The maximum atomic E-state index is 12.9. The van der Waals surface area contributed by atoms with Gasteiger partial charge in [-0.2, -0.15) is 0 Å². The first kappa shape index (κ1) is 2.84. The number of hydrogen-bond donors (Lipinski definition) is 1. The van der Waals surface area contributed by atoms with Crippen LogP contribution in [0.5, 0.6) is 0 Å². The third kappa shape index (κ3) is 1.40. The summed E-state index contributed by atoms with van der Waals surface area (Å²) in [6.07, 6.45) is -1.69. The number of alkyl halides is 1. The first-order valence-corrected chi connectivity index (χ1v) is 2.75. The van der Waals surface area contributed by atoms with Crippen molar-refractivity contribution in [2.24, 2.45) is 0 Å². The molecule has 9 heavy (non-hydrogen) atoms. The quantitative estimate of drug-likeness (QED) is 0.552. The summed E-state index contributed by atoms with van der Waals surface area (Å²) in [5.41, 5.74) is 0. The van der Waals surface area contributed by atoms with Crippen LogP contribution in [-0.4, -0.2) is 42.3 Å². The Morgan fingerprint density at radius 2 is 2.89 bits per heavy atom. The first-order chi connectivity index (χ1) is 6.12. The minimum absolute atomic E-state index is 0.290. The zero-order valence-electron chi connectivity index (χ0n) is 9.84. The molecule has 1 aliphatic heterocycles. The average molecular weight is 138 g/mol. The minimum Gasteiger partial charge on any atom is -0.395 e. The summed E-state index contributed by atoms with van der Waals surface area (Å²) in [5, 5.41) is 9.04. The fourth-order valence-electron chi connectivity index (χ4n) is 0.907. The van der Waals surface area contributed by atoms with Crippen molar-refractivity contribution in [2.45, 2.75) is 18.6 Å². The molecule has 0 amide bonds. The summed E-state index contributed by atoms with van der Waals surface area (Å²) >= 11 is 0. The molecule has 0 saturated carbocycles. The van der Waals surface area contributed by atoms with E-state index in [1.54, 1.807) is 0 Å². The van der Waals surface area contributed by atoms with Gasteiger partial charge in [-0.05, 0) is 13.4 Å². The molecule has 1 saturated heterocycles. The van der Waals surface area contributed by atoms with Gasteiger partial charge in [-0.3, -0.25) is 4.90 Å². The monoisotopic (exact) mass is 138 g/mol. The van der Waals surface area contributed by atoms with Gasteiger partial charge in [0.15, 0.2) is 0 Å². The Kier molecular flexibility index (Phi) is 0.829. The van der Waals surface area contributed by atoms with Gasteiger partial charge in [-0.15, -0.1) is 0 Å². The van der Waals surface area contributed by atoms with Crippen molar-refractivity contribution in [2.75, 3.05) is 20.1 Å². The van der Waals surface area contributed by atoms with Crippen LogP contribution >= 0.6 is 0 Å². The van der Waals surface area contributed by atoms with Gasteiger partial charge >= 0.3 is 0 Å². The summed E-state index contributed by atoms with van der Waals surface area (Å²) < 4.78 is 48.0. The molecule has 0 aromatic carbocycles. The van der Waals surface area contributed by atoms with E-state index < -0.39 is 25.7 Å². The highest BCUT2D eigenvalue weighted by molar-refractivity contribution is 4.81. The molecule has 0 bridgehead atoms. The highest BCUT2D eigenvalue weighted by atomic mass is 19.1. The van der Waals surface area contributed by atoms with Crippen molar-refractivity contribution in [3.63, 3.8) is 0 Å². The Balaban J connectivity index is 2.84. The highest BCUT2D eigenvalue weighted by Crippen LogP contribution is 2.17. The third-order valence-corrected chi connectivity index (χ3v) is 1.40. The maximum absolute atomic E-state index is 12.9. The van der Waals surface area contributed by atoms with E-state index in [0.29, 0.717) is 4.90 Å². The molecular weight excluding hydrogens is 121 g/mol. The number of rotatable bonds is 1. The Morgan fingerprint density at radius 1 is 2.11 bits per heavy atom. The molecule has 0 aromatic rings. The minimum atomic E-state index is -2.69. The largest absolute Gasteiger partial charge is 0.395 e. The van der Waals surface area contributed by atoms with Crippen molar-refractivity contribution in [1.29, 1.82) is 0 Å². The lowest BCUT2D eigenvalue weighted by atomic mass is 10.2. The molecule has 0 aliphatic carbocycles. The van der Waals surface area contributed by atoms with E-state index in [0.717, 1.165) is 0 Å². The average Bonchev–Trinajstić information content (AvgIpc) is 2.27. The molecule has 0 unspecified atom stereocenters. The lowest BCUT2D eigenvalue weighted by Gasteiger charge is -2.14. The van der Waals surface area contributed by atoms with Gasteiger partial charge in [0.05, 0.1) is 9.30 Å². The van der Waals surface area contributed by atoms with Crippen molar-refractivity contribution in [3.8, 4) is 0 Å². The number of likely N-dealkylation sites (N-methyl/N-ethyl adjacent to an activating group) is 1. The number of hydrogen-bond acceptors (Lipinski definition) is 2. The van der Waals surface area contributed by atoms with Crippen LogP contribution in [0.3, 0.4) is 0 Å². The molecule has 0 aromatic heterocycles. The van der Waals surface area contributed by atoms with Gasteiger partial charge in [0, 0.05) is 16.7 Å². The second kappa shape index (κ2) is 2.62. The van der Waals surface area contributed by atoms with Crippen LogP contribution in [0.2, 0.25) is 0 Å². The maximum Gasteiger partial charge on any atom is 0.114 e. The second-order valence-corrected chi connectivity index (χ2v) is 2.13. The topological polar surface area (TPSA) is 23.5 Å². The lowest BCUT2D eigenvalue weighted by Crippen LogP contribution is -2.27. The lowest BCUT2D eigenvalue weighted by molar-refractivity contribution is 0.182. The smallest absolute Gasteiger partial charge is 0.114 e. The van der Waals surface area contributed by atoms with Gasteiger partial charge in [0.25, 0.3) is 0 Å². The van der Waals surface area contributed by atoms with E-state index in [-0.39, 0.29) is 13.0 Å². The standard InChI is InChI=1S/C6H12FNO/c1-8-3-5(7)2-6(8)4-9/h5-6,9H,2-4H2,1H3/t5-,6+/m1/s1/i1D3,4D2. The van der Waals surface area contributed by atoms with Crippen LogP contribution in [0.4, 0.5) is 4.39 Å². The first-order valence-electron chi connectivity index (χ1n) is 5.25. The number of nitrogens with zero attached hydrogens (tertiary/aromatic N) is 1. The fourth-order valence-corrected chi connectivity index (χ4v) is 0.907. The second-order valence-electron chi connectivity index (χ2n) is 2.13. The molecule has 1 fully saturated rings. The Bertz CT molecular complexity index is 193. The van der Waals surface area contributed by atoms with Gasteiger partial charge in [0.1, 0.15) is 6.17 Å². The van der Waals surface area contributed by atoms with E-state index in [4.69, 9.17) is 12.0 Å². The molecule has 2 nitrogen and oxygen atoms in total. The predicted molar refractivity (Wildman–Crippen MR) is 33.0 cm³/mol. The van der Waals surface area contributed by atoms with Crippen LogP contribution in [0.25, 0.3) is 0 Å². The van der Waals surface area contributed by atoms with E-state index in [1.165, 1.54) is 0 Å². The van der Waals surface area contributed by atoms with Crippen molar-refractivity contribution >= 4 is 0 Å². The normalized spacial score (nSPS) is 48.9. The van der Waals surface area contributed by atoms with Crippen LogP contribution in [0.15, 0.2) is 0 Å². The van der Waals surface area contributed by atoms with E-state index in [1.807, 2.05) is 0 Å². The summed E-state index contributed by atoms with van der Waals surface area (Å²) in [4.78, 5) is 0.692.